The molecule has 1 heterocycles. The van der Waals surface area contributed by atoms with Crippen molar-refractivity contribution < 1.29 is 9.59 Å². The Balaban J connectivity index is 1.70. The lowest BCUT2D eigenvalue weighted by molar-refractivity contribution is 0.111. The van der Waals surface area contributed by atoms with Gasteiger partial charge in [-0.3, -0.25) is 9.59 Å². The zero-order valence-corrected chi connectivity index (χ0v) is 27.1. The average Bonchev–Trinajstić information content (AvgIpc) is 3.51. The van der Waals surface area contributed by atoms with Gasteiger partial charge in [0.1, 0.15) is 12.6 Å². The Bertz CT molecular complexity index is 2070. The molecule has 1 aliphatic rings. The molecule has 0 fully saturated rings. The van der Waals surface area contributed by atoms with E-state index < -0.39 is 0 Å². The van der Waals surface area contributed by atoms with Crippen LogP contribution in [0, 0.1) is 23.7 Å². The molecule has 1 aliphatic heterocycles. The summed E-state index contributed by atoms with van der Waals surface area (Å²) in [7, 11) is 0. The molecule has 44 heavy (non-hydrogen) atoms. The van der Waals surface area contributed by atoms with Gasteiger partial charge in [-0.15, -0.1) is 23.5 Å². The minimum absolute atomic E-state index is 0.606. The summed E-state index contributed by atoms with van der Waals surface area (Å²) in [5.41, 5.74) is 3.51. The summed E-state index contributed by atoms with van der Waals surface area (Å²) in [6, 6.07) is 31.5. The van der Waals surface area contributed by atoms with E-state index in [2.05, 4.69) is 84.7 Å². The fraction of sp³-hybridized carbons (Fsp3) is 0.0526. The van der Waals surface area contributed by atoms with Crippen molar-refractivity contribution in [2.45, 2.75) is 0 Å². The van der Waals surface area contributed by atoms with Crippen LogP contribution in [0.2, 0.25) is 0 Å². The number of carbonyl (C=O) groups is 2. The van der Waals surface area contributed by atoms with E-state index in [4.69, 9.17) is 0 Å². The Kier molecular flexibility index (Phi) is 9.36. The summed E-state index contributed by atoms with van der Waals surface area (Å²) in [6.07, 6.45) is 5.93. The minimum Gasteiger partial charge on any atom is -0.298 e. The van der Waals surface area contributed by atoms with Gasteiger partial charge < -0.3 is 0 Å². The van der Waals surface area contributed by atoms with Crippen LogP contribution in [0.1, 0.15) is 31.8 Å². The first-order valence-electron chi connectivity index (χ1n) is 13.6. The summed E-state index contributed by atoms with van der Waals surface area (Å²) >= 11 is 7.29. The SMILES string of the molecule is CSC1=C(SC)SC(=c2c3ccccc3c(=C(C#Cc3ccc(C=O)cc3)C#Cc3ccc(C=O)cc3)c3ccccc23)S1. The number of hydrogen-bond acceptors (Lipinski definition) is 6. The molecule has 6 rings (SSSR count). The van der Waals surface area contributed by atoms with Gasteiger partial charge in [0.15, 0.2) is 0 Å². The normalized spacial score (nSPS) is 12.5. The zero-order valence-electron chi connectivity index (χ0n) is 23.8. The van der Waals surface area contributed by atoms with Crippen molar-refractivity contribution in [3.05, 3.63) is 138 Å². The highest BCUT2D eigenvalue weighted by Crippen LogP contribution is 2.57. The van der Waals surface area contributed by atoms with Crippen molar-refractivity contribution in [3.8, 4) is 23.7 Å². The number of carbonyl (C=O) groups excluding carboxylic acids is 2. The van der Waals surface area contributed by atoms with Crippen LogP contribution >= 0.6 is 47.0 Å². The third-order valence-corrected chi connectivity index (χ3v) is 12.3. The first kappa shape index (κ1) is 30.0. The lowest BCUT2D eigenvalue weighted by Crippen LogP contribution is -2.17. The molecule has 0 saturated carbocycles. The first-order valence-corrected chi connectivity index (χ1v) is 17.7. The second-order valence-corrected chi connectivity index (χ2v) is 14.1. The Morgan fingerprint density at radius 2 is 1.00 bits per heavy atom. The minimum atomic E-state index is 0.606. The zero-order chi connectivity index (χ0) is 30.5. The van der Waals surface area contributed by atoms with Gasteiger partial charge in [0.25, 0.3) is 0 Å². The van der Waals surface area contributed by atoms with Gasteiger partial charge in [0, 0.05) is 32.7 Å². The first-order chi connectivity index (χ1) is 21.6. The van der Waals surface area contributed by atoms with Crippen LogP contribution in [0.15, 0.2) is 106 Å². The van der Waals surface area contributed by atoms with Crippen molar-refractivity contribution in [1.29, 1.82) is 0 Å². The van der Waals surface area contributed by atoms with Gasteiger partial charge in [-0.1, -0.05) is 120 Å². The van der Waals surface area contributed by atoms with Crippen LogP contribution in [0.3, 0.4) is 0 Å². The van der Waals surface area contributed by atoms with E-state index in [0.717, 1.165) is 50.5 Å². The van der Waals surface area contributed by atoms with E-state index >= 15 is 0 Å². The van der Waals surface area contributed by atoms with Crippen LogP contribution < -0.4 is 10.4 Å². The number of rotatable bonds is 4. The van der Waals surface area contributed by atoms with Gasteiger partial charge in [-0.05, 0) is 58.3 Å². The van der Waals surface area contributed by atoms with Gasteiger partial charge in [0.2, 0.25) is 0 Å². The Morgan fingerprint density at radius 1 is 0.591 bits per heavy atom. The molecule has 5 aromatic rings. The van der Waals surface area contributed by atoms with Gasteiger partial charge in [-0.2, -0.15) is 0 Å². The van der Waals surface area contributed by atoms with Crippen molar-refractivity contribution in [2.24, 2.45) is 0 Å². The Hall–Kier alpha value is -4.04. The van der Waals surface area contributed by atoms with E-state index in [-0.39, 0.29) is 0 Å². The molecule has 0 bridgehead atoms. The second-order valence-electron chi connectivity index (χ2n) is 9.67. The van der Waals surface area contributed by atoms with Crippen LogP contribution in [0.4, 0.5) is 0 Å². The average molecular weight is 641 g/mol. The highest BCUT2D eigenvalue weighted by atomic mass is 32.3. The fourth-order valence-corrected chi connectivity index (χ4v) is 10.1. The quantitative estimate of drug-likeness (QED) is 0.112. The largest absolute Gasteiger partial charge is 0.298 e. The van der Waals surface area contributed by atoms with Crippen LogP contribution in [0.25, 0.3) is 31.4 Å². The Labute approximate surface area is 273 Å². The van der Waals surface area contributed by atoms with E-state index in [1.807, 2.05) is 47.8 Å². The van der Waals surface area contributed by atoms with Gasteiger partial charge in [-0.25, -0.2) is 0 Å². The molecule has 6 heteroatoms. The monoisotopic (exact) mass is 640 g/mol. The molecular weight excluding hydrogens is 617 g/mol. The predicted octanol–water partition coefficient (Wildman–Crippen LogP) is 8.27. The van der Waals surface area contributed by atoms with E-state index in [1.54, 1.807) is 47.8 Å². The second kappa shape index (κ2) is 13.7. The third kappa shape index (κ3) is 6.13. The summed E-state index contributed by atoms with van der Waals surface area (Å²) in [5.74, 6) is 13.4. The maximum absolute atomic E-state index is 11.2. The molecule has 0 unspecified atom stereocenters. The summed E-state index contributed by atoms with van der Waals surface area (Å²) < 4.78 is 3.95. The van der Waals surface area contributed by atoms with Crippen molar-refractivity contribution >= 4 is 91.0 Å². The molecule has 0 atom stereocenters. The lowest BCUT2D eigenvalue weighted by Gasteiger charge is -2.10. The number of hydrogen-bond donors (Lipinski definition) is 0. The smallest absolute Gasteiger partial charge is 0.150 e. The van der Waals surface area contributed by atoms with Crippen LogP contribution in [0.5, 0.6) is 0 Å². The van der Waals surface area contributed by atoms with Gasteiger partial charge in [0.05, 0.1) is 18.3 Å². The third-order valence-electron chi connectivity index (χ3n) is 7.05. The standard InChI is InChI=1S/C38H24O2S4/c1-41-37-38(42-2)44-36(43-37)35-32-9-5-3-7-30(32)34(31-8-4-6-10-33(31)35)29(21-19-25-11-15-27(23-39)16-12-25)22-20-26-13-17-28(24-40)18-14-26/h3-18,23-24H,1-2H3. The number of aldehydes is 2. The molecule has 0 aliphatic carbocycles. The number of fused-ring (bicyclic) bond motifs is 2. The molecule has 2 nitrogen and oxygen atoms in total. The Morgan fingerprint density at radius 3 is 1.39 bits per heavy atom. The molecular formula is C38H24O2S4. The topological polar surface area (TPSA) is 34.1 Å². The van der Waals surface area contributed by atoms with Crippen molar-refractivity contribution in [2.75, 3.05) is 12.5 Å². The molecule has 0 amide bonds. The molecule has 0 spiro atoms. The summed E-state index contributed by atoms with van der Waals surface area (Å²) in [4.78, 5) is 22.4. The van der Waals surface area contributed by atoms with Crippen LogP contribution in [-0.2, 0) is 0 Å². The molecule has 0 radical (unpaired) electrons. The van der Waals surface area contributed by atoms with E-state index in [0.29, 0.717) is 16.7 Å². The van der Waals surface area contributed by atoms with E-state index in [1.165, 1.54) is 17.9 Å². The lowest BCUT2D eigenvalue weighted by atomic mass is 9.95. The van der Waals surface area contributed by atoms with Crippen molar-refractivity contribution in [1.82, 2.24) is 0 Å². The van der Waals surface area contributed by atoms with E-state index in [9.17, 15) is 9.59 Å². The maximum atomic E-state index is 11.2. The maximum Gasteiger partial charge on any atom is 0.150 e. The number of thioether (sulfide) groups is 4. The summed E-state index contributed by atoms with van der Waals surface area (Å²) in [6.45, 7) is 0. The highest BCUT2D eigenvalue weighted by molar-refractivity contribution is 8.45. The number of benzene rings is 5. The summed E-state index contributed by atoms with van der Waals surface area (Å²) in [5, 5.41) is 6.72. The molecule has 5 aromatic carbocycles. The fourth-order valence-electron chi connectivity index (χ4n) is 4.96. The molecule has 212 valence electrons. The predicted molar refractivity (Wildman–Crippen MR) is 194 cm³/mol. The van der Waals surface area contributed by atoms with Crippen LogP contribution in [-0.4, -0.2) is 25.1 Å². The molecule has 0 N–H and O–H groups in total. The van der Waals surface area contributed by atoms with Crippen molar-refractivity contribution in [3.63, 3.8) is 0 Å². The highest BCUT2D eigenvalue weighted by Gasteiger charge is 2.22. The van der Waals surface area contributed by atoms with Gasteiger partial charge >= 0.3 is 0 Å². The molecule has 0 aromatic heterocycles. The molecule has 0 saturated heterocycles.